The van der Waals surface area contributed by atoms with Gasteiger partial charge in [0.25, 0.3) is 0 Å². The van der Waals surface area contributed by atoms with Crippen molar-refractivity contribution in [3.05, 3.63) is 24.3 Å². The van der Waals surface area contributed by atoms with E-state index in [1.54, 1.807) is 6.92 Å². The molecule has 0 aromatic heterocycles. The molecule has 0 spiro atoms. The molecule has 0 amide bonds. The molecule has 0 heterocycles. The van der Waals surface area contributed by atoms with Crippen LogP contribution in [-0.2, 0) is 4.79 Å². The Hall–Kier alpha value is -0.850. The lowest BCUT2D eigenvalue weighted by molar-refractivity contribution is -0.116. The fourth-order valence-electron chi connectivity index (χ4n) is 0.881. The van der Waals surface area contributed by atoms with Crippen molar-refractivity contribution in [2.75, 3.05) is 0 Å². The Labute approximate surface area is 75.2 Å². The number of hydrogen-bond acceptors (Lipinski definition) is 1. The summed E-state index contributed by atoms with van der Waals surface area (Å²) in [5, 5.41) is 0. The average Bonchev–Trinajstić information content (AvgIpc) is 2.02. The molecule has 0 aliphatic heterocycles. The lowest BCUT2D eigenvalue weighted by Crippen LogP contribution is -1.86. The highest BCUT2D eigenvalue weighted by atomic mass is 16.1. The molecule has 0 aromatic carbocycles. The van der Waals surface area contributed by atoms with Gasteiger partial charge in [-0.2, -0.15) is 0 Å². The normalized spacial score (nSPS) is 11.5. The standard InChI is InChI=1S/C11H18O/c1-3-4-5-6-7-8-9-10-11(2)12/h3-4,7-8H,5-6,9-10H2,1-2H3/b4-3+,8-7+. The number of hydrogen-bond donors (Lipinski definition) is 0. The molecular formula is C11H18O. The van der Waals surface area contributed by atoms with Gasteiger partial charge in [-0.05, 0) is 33.1 Å². The first-order valence-electron chi connectivity index (χ1n) is 4.53. The van der Waals surface area contributed by atoms with Gasteiger partial charge in [-0.3, -0.25) is 0 Å². The molecule has 0 bridgehead atoms. The Bertz CT molecular complexity index is 166. The van der Waals surface area contributed by atoms with E-state index in [1.165, 1.54) is 0 Å². The Morgan fingerprint density at radius 2 is 1.67 bits per heavy atom. The first kappa shape index (κ1) is 11.2. The average molecular weight is 166 g/mol. The second-order valence-electron chi connectivity index (χ2n) is 2.86. The number of carbonyl (C=O) groups excluding carboxylic acids is 1. The predicted octanol–water partition coefficient (Wildman–Crippen LogP) is 3.27. The van der Waals surface area contributed by atoms with Gasteiger partial charge in [-0.25, -0.2) is 0 Å². The highest BCUT2D eigenvalue weighted by Crippen LogP contribution is 1.96. The van der Waals surface area contributed by atoms with Gasteiger partial charge >= 0.3 is 0 Å². The number of allylic oxidation sites excluding steroid dienone is 4. The molecule has 0 rings (SSSR count). The van der Waals surface area contributed by atoms with E-state index in [1.807, 2.05) is 6.92 Å². The second kappa shape index (κ2) is 8.25. The topological polar surface area (TPSA) is 17.1 Å². The fourth-order valence-corrected chi connectivity index (χ4v) is 0.881. The summed E-state index contributed by atoms with van der Waals surface area (Å²) in [7, 11) is 0. The molecular weight excluding hydrogens is 148 g/mol. The summed E-state index contributed by atoms with van der Waals surface area (Å²) >= 11 is 0. The van der Waals surface area contributed by atoms with Gasteiger partial charge < -0.3 is 4.79 Å². The monoisotopic (exact) mass is 166 g/mol. The minimum absolute atomic E-state index is 0.271. The van der Waals surface area contributed by atoms with E-state index >= 15 is 0 Å². The van der Waals surface area contributed by atoms with Crippen LogP contribution in [0.3, 0.4) is 0 Å². The lowest BCUT2D eigenvalue weighted by atomic mass is 10.2. The van der Waals surface area contributed by atoms with Gasteiger partial charge in [0.1, 0.15) is 5.78 Å². The van der Waals surface area contributed by atoms with Crippen molar-refractivity contribution in [1.29, 1.82) is 0 Å². The van der Waals surface area contributed by atoms with Crippen LogP contribution < -0.4 is 0 Å². The lowest BCUT2D eigenvalue weighted by Gasteiger charge is -1.88. The molecule has 0 atom stereocenters. The van der Waals surface area contributed by atoms with Crippen molar-refractivity contribution >= 4 is 5.78 Å². The molecule has 0 radical (unpaired) electrons. The van der Waals surface area contributed by atoms with Crippen LogP contribution in [0, 0.1) is 0 Å². The van der Waals surface area contributed by atoms with Crippen LogP contribution in [0.1, 0.15) is 39.5 Å². The van der Waals surface area contributed by atoms with E-state index in [4.69, 9.17) is 0 Å². The predicted molar refractivity (Wildman–Crippen MR) is 53.1 cm³/mol. The van der Waals surface area contributed by atoms with E-state index in [0.29, 0.717) is 6.42 Å². The molecule has 1 heteroatoms. The van der Waals surface area contributed by atoms with E-state index < -0.39 is 0 Å². The summed E-state index contributed by atoms with van der Waals surface area (Å²) in [5.74, 6) is 0.271. The molecule has 1 nitrogen and oxygen atoms in total. The molecule has 68 valence electrons. The largest absolute Gasteiger partial charge is 0.300 e. The van der Waals surface area contributed by atoms with E-state index in [2.05, 4.69) is 24.3 Å². The smallest absolute Gasteiger partial charge is 0.130 e. The van der Waals surface area contributed by atoms with Crippen molar-refractivity contribution in [3.63, 3.8) is 0 Å². The first-order valence-corrected chi connectivity index (χ1v) is 4.53. The van der Waals surface area contributed by atoms with Crippen LogP contribution in [0.15, 0.2) is 24.3 Å². The quantitative estimate of drug-likeness (QED) is 0.437. The van der Waals surface area contributed by atoms with E-state index in [0.717, 1.165) is 19.3 Å². The van der Waals surface area contributed by atoms with Crippen LogP contribution in [0.25, 0.3) is 0 Å². The van der Waals surface area contributed by atoms with Gasteiger partial charge in [0.2, 0.25) is 0 Å². The summed E-state index contributed by atoms with van der Waals surface area (Å²) in [6.45, 7) is 3.66. The first-order chi connectivity index (χ1) is 5.77. The SMILES string of the molecule is C/C=C/CC/C=C/CCC(C)=O. The van der Waals surface area contributed by atoms with Crippen molar-refractivity contribution in [1.82, 2.24) is 0 Å². The van der Waals surface area contributed by atoms with Crippen molar-refractivity contribution in [3.8, 4) is 0 Å². The number of ketones is 1. The van der Waals surface area contributed by atoms with Gasteiger partial charge in [-0.1, -0.05) is 24.3 Å². The van der Waals surface area contributed by atoms with Gasteiger partial charge in [0.05, 0.1) is 0 Å². The zero-order chi connectivity index (χ0) is 9.23. The van der Waals surface area contributed by atoms with Crippen molar-refractivity contribution in [2.45, 2.75) is 39.5 Å². The van der Waals surface area contributed by atoms with Gasteiger partial charge in [-0.15, -0.1) is 0 Å². The summed E-state index contributed by atoms with van der Waals surface area (Å²) in [4.78, 5) is 10.5. The zero-order valence-corrected chi connectivity index (χ0v) is 8.05. The highest BCUT2D eigenvalue weighted by Gasteiger charge is 1.87. The maximum absolute atomic E-state index is 10.5. The third-order valence-corrected chi connectivity index (χ3v) is 1.57. The van der Waals surface area contributed by atoms with Crippen LogP contribution in [0.5, 0.6) is 0 Å². The molecule has 0 unspecified atom stereocenters. The van der Waals surface area contributed by atoms with E-state index in [-0.39, 0.29) is 5.78 Å². The molecule has 0 aliphatic rings. The van der Waals surface area contributed by atoms with Gasteiger partial charge in [0, 0.05) is 6.42 Å². The summed E-state index contributed by atoms with van der Waals surface area (Å²) in [6, 6.07) is 0. The highest BCUT2D eigenvalue weighted by molar-refractivity contribution is 5.75. The molecule has 0 fully saturated rings. The summed E-state index contributed by atoms with van der Waals surface area (Å²) in [5.41, 5.74) is 0. The Kier molecular flexibility index (Phi) is 7.66. The molecule has 12 heavy (non-hydrogen) atoms. The van der Waals surface area contributed by atoms with E-state index in [9.17, 15) is 4.79 Å². The Morgan fingerprint density at radius 3 is 2.25 bits per heavy atom. The molecule has 0 aliphatic carbocycles. The molecule has 0 saturated heterocycles. The number of rotatable bonds is 6. The maximum Gasteiger partial charge on any atom is 0.130 e. The maximum atomic E-state index is 10.5. The molecule has 0 aromatic rings. The minimum Gasteiger partial charge on any atom is -0.300 e. The van der Waals surface area contributed by atoms with Crippen LogP contribution >= 0.6 is 0 Å². The van der Waals surface area contributed by atoms with Crippen molar-refractivity contribution in [2.24, 2.45) is 0 Å². The number of unbranched alkanes of at least 4 members (excludes halogenated alkanes) is 1. The second-order valence-corrected chi connectivity index (χ2v) is 2.86. The van der Waals surface area contributed by atoms with Crippen LogP contribution in [0.2, 0.25) is 0 Å². The van der Waals surface area contributed by atoms with Crippen LogP contribution in [0.4, 0.5) is 0 Å². The zero-order valence-electron chi connectivity index (χ0n) is 8.05. The third-order valence-electron chi connectivity index (χ3n) is 1.57. The molecule has 0 N–H and O–H groups in total. The Morgan fingerprint density at radius 1 is 1.08 bits per heavy atom. The van der Waals surface area contributed by atoms with Crippen molar-refractivity contribution < 1.29 is 4.79 Å². The number of Topliss-reactive ketones (excluding diaryl/α,β-unsaturated/α-hetero) is 1. The minimum atomic E-state index is 0.271. The Balaban J connectivity index is 3.20. The van der Waals surface area contributed by atoms with Crippen LogP contribution in [-0.4, -0.2) is 5.78 Å². The fraction of sp³-hybridized carbons (Fsp3) is 0.545. The molecule has 0 saturated carbocycles. The van der Waals surface area contributed by atoms with Gasteiger partial charge in [0.15, 0.2) is 0 Å². The summed E-state index contributed by atoms with van der Waals surface area (Å²) in [6.07, 6.45) is 12.2. The summed E-state index contributed by atoms with van der Waals surface area (Å²) < 4.78 is 0. The number of carbonyl (C=O) groups is 1. The third kappa shape index (κ3) is 9.15.